The number of thiophene rings is 1. The number of hydrogen-bond donors (Lipinski definition) is 0. The van der Waals surface area contributed by atoms with E-state index < -0.39 is 20.4 Å². The van der Waals surface area contributed by atoms with Gasteiger partial charge in [0.05, 0.1) is 4.92 Å². The van der Waals surface area contributed by atoms with Crippen LogP contribution in [0.1, 0.15) is 10.4 Å². The lowest BCUT2D eigenvalue weighted by Gasteiger charge is -2.02. The maximum absolute atomic E-state index is 11.5. The fourth-order valence-corrected chi connectivity index (χ4v) is 3.37. The molecule has 0 spiro atoms. The number of nitro groups is 1. The summed E-state index contributed by atoms with van der Waals surface area (Å²) in [5.74, 6) is 0.213. The zero-order valence-corrected chi connectivity index (χ0v) is 12.3. The van der Waals surface area contributed by atoms with Crippen molar-refractivity contribution in [3.63, 3.8) is 0 Å². The minimum absolute atomic E-state index is 0.150. The first-order chi connectivity index (χ1) is 9.81. The summed E-state index contributed by atoms with van der Waals surface area (Å²) in [6.45, 7) is 0. The van der Waals surface area contributed by atoms with Crippen LogP contribution in [0, 0.1) is 10.1 Å². The molecule has 0 amide bonds. The summed E-state index contributed by atoms with van der Waals surface area (Å²) in [4.78, 5) is 20.9. The summed E-state index contributed by atoms with van der Waals surface area (Å²) in [7, 11) is -3.57. The summed E-state index contributed by atoms with van der Waals surface area (Å²) < 4.78 is 28.1. The summed E-state index contributed by atoms with van der Waals surface area (Å²) >= 11 is 0.663. The highest BCUT2D eigenvalue weighted by molar-refractivity contribution is 7.92. The van der Waals surface area contributed by atoms with Crippen molar-refractivity contribution in [2.45, 2.75) is 4.21 Å². The third-order valence-electron chi connectivity index (χ3n) is 2.42. The second kappa shape index (κ2) is 5.62. The van der Waals surface area contributed by atoms with E-state index >= 15 is 0 Å². The number of hydrogen-bond acceptors (Lipinski definition) is 7. The van der Waals surface area contributed by atoms with Crippen LogP contribution in [0.5, 0.6) is 10.8 Å². The second-order valence-electron chi connectivity index (χ2n) is 4.06. The van der Waals surface area contributed by atoms with Crippen LogP contribution < -0.4 is 4.74 Å². The number of nitrogens with zero attached hydrogens (tertiary/aromatic N) is 1. The topological polar surface area (TPSA) is 104 Å². The monoisotopic (exact) mass is 327 g/mol. The first kappa shape index (κ1) is 15.1. The fourth-order valence-electron chi connectivity index (χ4n) is 1.49. The van der Waals surface area contributed by atoms with Gasteiger partial charge in [0.25, 0.3) is 5.06 Å². The van der Waals surface area contributed by atoms with Crippen molar-refractivity contribution < 1.29 is 22.9 Å². The average Bonchev–Trinajstić information content (AvgIpc) is 2.83. The van der Waals surface area contributed by atoms with E-state index in [1.54, 1.807) is 12.1 Å². The molecule has 110 valence electrons. The van der Waals surface area contributed by atoms with Gasteiger partial charge < -0.3 is 4.74 Å². The van der Waals surface area contributed by atoms with E-state index in [0.717, 1.165) is 12.3 Å². The van der Waals surface area contributed by atoms with Gasteiger partial charge in [-0.2, -0.15) is 0 Å². The molecule has 1 aromatic heterocycles. The Labute approximate surface area is 123 Å². The number of carbonyl (C=O) groups excluding carboxylic acids is 1. The summed E-state index contributed by atoms with van der Waals surface area (Å²) in [6, 6.07) is 6.96. The maximum Gasteiger partial charge on any atom is 0.324 e. The number of sulfone groups is 1. The largest absolute Gasteiger partial charge is 0.440 e. The number of ether oxygens (including phenoxy) is 1. The lowest BCUT2D eigenvalue weighted by Crippen LogP contribution is -1.92. The highest BCUT2D eigenvalue weighted by atomic mass is 32.2. The molecule has 2 rings (SSSR count). The predicted molar refractivity (Wildman–Crippen MR) is 76.0 cm³/mol. The van der Waals surface area contributed by atoms with Crippen molar-refractivity contribution in [2.75, 3.05) is 6.26 Å². The van der Waals surface area contributed by atoms with Gasteiger partial charge in [0.15, 0.2) is 9.84 Å². The van der Waals surface area contributed by atoms with Crippen LogP contribution in [0.25, 0.3) is 0 Å². The molecule has 0 aliphatic heterocycles. The van der Waals surface area contributed by atoms with Gasteiger partial charge in [-0.3, -0.25) is 14.9 Å². The van der Waals surface area contributed by atoms with E-state index in [9.17, 15) is 23.3 Å². The molecular formula is C12H9NO6S2. The Morgan fingerprint density at radius 3 is 2.62 bits per heavy atom. The standard InChI is InChI=1S/C12H9NO6S2/c1-21(17,18)11-6-10(13(15)16)12(20-11)19-9-4-2-3-8(5-9)7-14/h2-7H,1H3. The van der Waals surface area contributed by atoms with Crippen LogP contribution in [-0.2, 0) is 9.84 Å². The van der Waals surface area contributed by atoms with Gasteiger partial charge in [-0.25, -0.2) is 8.42 Å². The molecule has 0 saturated carbocycles. The van der Waals surface area contributed by atoms with Crippen molar-refractivity contribution in [3.8, 4) is 10.8 Å². The molecule has 0 saturated heterocycles. The van der Waals surface area contributed by atoms with Gasteiger partial charge in [-0.05, 0) is 12.1 Å². The highest BCUT2D eigenvalue weighted by Crippen LogP contribution is 2.41. The Hall–Kier alpha value is -2.26. The summed E-state index contributed by atoms with van der Waals surface area (Å²) in [5, 5.41) is 10.8. The third-order valence-corrected chi connectivity index (χ3v) is 5.23. The van der Waals surface area contributed by atoms with E-state index in [0.29, 0.717) is 23.2 Å². The van der Waals surface area contributed by atoms with Gasteiger partial charge in [-0.1, -0.05) is 23.5 Å². The predicted octanol–water partition coefficient (Wildman–Crippen LogP) is 2.66. The molecule has 0 radical (unpaired) electrons. The average molecular weight is 327 g/mol. The van der Waals surface area contributed by atoms with Crippen molar-refractivity contribution in [1.82, 2.24) is 0 Å². The molecule has 0 bridgehead atoms. The van der Waals surface area contributed by atoms with Gasteiger partial charge in [-0.15, -0.1) is 0 Å². The van der Waals surface area contributed by atoms with Gasteiger partial charge in [0.2, 0.25) is 0 Å². The lowest BCUT2D eigenvalue weighted by molar-refractivity contribution is -0.385. The van der Waals surface area contributed by atoms with Crippen LogP contribution in [0.4, 0.5) is 5.69 Å². The normalized spacial score (nSPS) is 11.1. The van der Waals surface area contributed by atoms with E-state index in [1.807, 2.05) is 0 Å². The molecule has 1 aromatic carbocycles. The van der Waals surface area contributed by atoms with Crippen molar-refractivity contribution in [1.29, 1.82) is 0 Å². The molecule has 0 fully saturated rings. The molecular weight excluding hydrogens is 318 g/mol. The summed E-state index contributed by atoms with van der Waals surface area (Å²) in [6.07, 6.45) is 1.57. The Kier molecular flexibility index (Phi) is 4.05. The first-order valence-corrected chi connectivity index (χ1v) is 8.23. The molecule has 2 aromatic rings. The van der Waals surface area contributed by atoms with E-state index in [1.165, 1.54) is 12.1 Å². The highest BCUT2D eigenvalue weighted by Gasteiger charge is 2.25. The zero-order chi connectivity index (χ0) is 15.6. The fraction of sp³-hybridized carbons (Fsp3) is 0.0833. The Bertz CT molecular complexity index is 809. The first-order valence-electron chi connectivity index (χ1n) is 5.52. The second-order valence-corrected chi connectivity index (χ2v) is 7.32. The van der Waals surface area contributed by atoms with E-state index in [2.05, 4.69) is 0 Å². The van der Waals surface area contributed by atoms with Gasteiger partial charge in [0, 0.05) is 17.9 Å². The van der Waals surface area contributed by atoms with E-state index in [4.69, 9.17) is 4.74 Å². The Morgan fingerprint density at radius 2 is 2.05 bits per heavy atom. The molecule has 21 heavy (non-hydrogen) atoms. The lowest BCUT2D eigenvalue weighted by atomic mass is 10.2. The quantitative estimate of drug-likeness (QED) is 0.475. The van der Waals surface area contributed by atoms with Gasteiger partial charge in [0.1, 0.15) is 16.2 Å². The van der Waals surface area contributed by atoms with Crippen LogP contribution in [0.15, 0.2) is 34.5 Å². The molecule has 0 N–H and O–H groups in total. The molecule has 7 nitrogen and oxygen atoms in total. The molecule has 9 heteroatoms. The van der Waals surface area contributed by atoms with E-state index in [-0.39, 0.29) is 15.0 Å². The number of carbonyl (C=O) groups is 1. The minimum Gasteiger partial charge on any atom is -0.440 e. The number of aldehydes is 1. The Balaban J connectivity index is 2.45. The number of rotatable bonds is 5. The minimum atomic E-state index is -3.57. The SMILES string of the molecule is CS(=O)(=O)c1cc([N+](=O)[O-])c(Oc2cccc(C=O)c2)s1. The molecule has 1 heterocycles. The van der Waals surface area contributed by atoms with Crippen LogP contribution >= 0.6 is 11.3 Å². The van der Waals surface area contributed by atoms with Crippen molar-refractivity contribution in [2.24, 2.45) is 0 Å². The van der Waals surface area contributed by atoms with Crippen LogP contribution in [0.2, 0.25) is 0 Å². The Morgan fingerprint density at radius 1 is 1.33 bits per heavy atom. The van der Waals surface area contributed by atoms with Gasteiger partial charge >= 0.3 is 5.69 Å². The summed E-state index contributed by atoms with van der Waals surface area (Å²) in [5.41, 5.74) is -0.0908. The van der Waals surface area contributed by atoms with Crippen molar-refractivity contribution >= 4 is 33.1 Å². The molecule has 0 aliphatic carbocycles. The van der Waals surface area contributed by atoms with Crippen LogP contribution in [-0.4, -0.2) is 25.9 Å². The zero-order valence-electron chi connectivity index (χ0n) is 10.7. The third kappa shape index (κ3) is 3.44. The smallest absolute Gasteiger partial charge is 0.324 e. The number of benzene rings is 1. The molecule has 0 atom stereocenters. The molecule has 0 unspecified atom stereocenters. The van der Waals surface area contributed by atoms with Crippen molar-refractivity contribution in [3.05, 3.63) is 46.0 Å². The van der Waals surface area contributed by atoms with Crippen LogP contribution in [0.3, 0.4) is 0 Å². The molecule has 0 aliphatic rings. The maximum atomic E-state index is 11.5.